The summed E-state index contributed by atoms with van der Waals surface area (Å²) in [5.41, 5.74) is 0. The van der Waals surface area contributed by atoms with E-state index in [0.29, 0.717) is 5.92 Å². The molecule has 4 nitrogen and oxygen atoms in total. The van der Waals surface area contributed by atoms with Gasteiger partial charge in [-0.3, -0.25) is 9.69 Å². The Morgan fingerprint density at radius 2 is 2.16 bits per heavy atom. The average molecular weight is 262 g/mol. The maximum Gasteiger partial charge on any atom is 0.238 e. The molecule has 1 aliphatic carbocycles. The van der Waals surface area contributed by atoms with Gasteiger partial charge in [-0.25, -0.2) is 0 Å². The monoisotopic (exact) mass is 262 g/mol. The molecule has 1 saturated heterocycles. The van der Waals surface area contributed by atoms with Crippen molar-refractivity contribution >= 4 is 5.91 Å². The number of rotatable bonds is 5. The fourth-order valence-electron chi connectivity index (χ4n) is 3.02. The molecule has 0 bridgehead atoms. The molecule has 1 saturated carbocycles. The molecular formula is C15H22N2O2. The molecular weight excluding hydrogens is 240 g/mol. The zero-order valence-corrected chi connectivity index (χ0v) is 11.5. The fourth-order valence-corrected chi connectivity index (χ4v) is 3.02. The third kappa shape index (κ3) is 2.84. The maximum atomic E-state index is 12.5. The summed E-state index contributed by atoms with van der Waals surface area (Å²) in [6, 6.07) is 3.80. The molecule has 2 atom stereocenters. The van der Waals surface area contributed by atoms with Crippen LogP contribution in [0.2, 0.25) is 0 Å². The van der Waals surface area contributed by atoms with Gasteiger partial charge in [0, 0.05) is 0 Å². The Kier molecular flexibility index (Phi) is 3.60. The minimum Gasteiger partial charge on any atom is -0.467 e. The van der Waals surface area contributed by atoms with Gasteiger partial charge in [0.1, 0.15) is 5.76 Å². The predicted octanol–water partition coefficient (Wildman–Crippen LogP) is 2.33. The zero-order chi connectivity index (χ0) is 13.2. The highest BCUT2D eigenvalue weighted by Crippen LogP contribution is 2.37. The summed E-state index contributed by atoms with van der Waals surface area (Å²) < 4.78 is 5.35. The van der Waals surface area contributed by atoms with Gasteiger partial charge in [-0.1, -0.05) is 0 Å². The standard InChI is InChI=1S/C15H22N2O2/c1-11(13-5-4-10-19-13)16-15(18)14(12-6-7-12)17-8-2-3-9-17/h4-5,10-12,14H,2-3,6-9H2,1H3,(H,16,18)/t11-,14-/m0/s1. The van der Waals surface area contributed by atoms with Crippen molar-refractivity contribution in [2.75, 3.05) is 13.1 Å². The van der Waals surface area contributed by atoms with Crippen LogP contribution in [-0.2, 0) is 4.79 Å². The highest BCUT2D eigenvalue weighted by atomic mass is 16.3. The van der Waals surface area contributed by atoms with Crippen molar-refractivity contribution in [2.24, 2.45) is 5.92 Å². The minimum absolute atomic E-state index is 0.0497. The number of amides is 1. The van der Waals surface area contributed by atoms with Crippen molar-refractivity contribution in [3.63, 3.8) is 0 Å². The molecule has 3 rings (SSSR count). The van der Waals surface area contributed by atoms with Gasteiger partial charge in [-0.2, -0.15) is 0 Å². The van der Waals surface area contributed by atoms with E-state index in [0.717, 1.165) is 18.8 Å². The van der Waals surface area contributed by atoms with Crippen molar-refractivity contribution in [1.29, 1.82) is 0 Å². The summed E-state index contributed by atoms with van der Waals surface area (Å²) in [4.78, 5) is 14.9. The lowest BCUT2D eigenvalue weighted by atomic mass is 10.1. The van der Waals surface area contributed by atoms with Crippen molar-refractivity contribution in [2.45, 2.75) is 44.7 Å². The molecule has 1 aromatic rings. The second kappa shape index (κ2) is 5.37. The summed E-state index contributed by atoms with van der Waals surface area (Å²) in [5.74, 6) is 1.57. The lowest BCUT2D eigenvalue weighted by Crippen LogP contribution is -2.47. The van der Waals surface area contributed by atoms with E-state index in [2.05, 4.69) is 10.2 Å². The van der Waals surface area contributed by atoms with E-state index in [1.54, 1.807) is 6.26 Å². The molecule has 0 spiro atoms. The van der Waals surface area contributed by atoms with Crippen LogP contribution in [0.4, 0.5) is 0 Å². The Morgan fingerprint density at radius 1 is 1.42 bits per heavy atom. The van der Waals surface area contributed by atoms with Crippen molar-refractivity contribution < 1.29 is 9.21 Å². The molecule has 1 aromatic heterocycles. The van der Waals surface area contributed by atoms with E-state index >= 15 is 0 Å². The maximum absolute atomic E-state index is 12.5. The van der Waals surface area contributed by atoms with Gasteiger partial charge in [0.05, 0.1) is 18.3 Å². The normalized spacial score (nSPS) is 23.2. The molecule has 0 radical (unpaired) electrons. The molecule has 2 fully saturated rings. The van der Waals surface area contributed by atoms with Gasteiger partial charge in [-0.05, 0) is 63.7 Å². The van der Waals surface area contributed by atoms with Gasteiger partial charge in [0.2, 0.25) is 5.91 Å². The lowest BCUT2D eigenvalue weighted by Gasteiger charge is -2.27. The van der Waals surface area contributed by atoms with Crippen LogP contribution in [0.3, 0.4) is 0 Å². The first-order valence-electron chi connectivity index (χ1n) is 7.33. The Labute approximate surface area is 114 Å². The van der Waals surface area contributed by atoms with Crippen LogP contribution in [0.5, 0.6) is 0 Å². The van der Waals surface area contributed by atoms with Crippen LogP contribution in [0.25, 0.3) is 0 Å². The van der Waals surface area contributed by atoms with Crippen LogP contribution in [0, 0.1) is 5.92 Å². The topological polar surface area (TPSA) is 45.5 Å². The molecule has 2 heterocycles. The van der Waals surface area contributed by atoms with E-state index in [9.17, 15) is 4.79 Å². The van der Waals surface area contributed by atoms with Gasteiger partial charge in [0.25, 0.3) is 0 Å². The summed E-state index contributed by atoms with van der Waals surface area (Å²) in [7, 11) is 0. The van der Waals surface area contributed by atoms with Crippen LogP contribution < -0.4 is 5.32 Å². The second-order valence-corrected chi connectivity index (χ2v) is 5.77. The summed E-state index contributed by atoms with van der Waals surface area (Å²) in [6.45, 7) is 4.12. The minimum atomic E-state index is -0.0497. The molecule has 1 N–H and O–H groups in total. The van der Waals surface area contributed by atoms with E-state index in [1.807, 2.05) is 19.1 Å². The molecule has 0 aromatic carbocycles. The number of hydrogen-bond donors (Lipinski definition) is 1. The SMILES string of the molecule is C[C@H](NC(=O)[C@H](C1CC1)N1CCCC1)c1ccco1. The highest BCUT2D eigenvalue weighted by molar-refractivity contribution is 5.82. The number of furan rings is 1. The number of carbonyl (C=O) groups excluding carboxylic acids is 1. The number of nitrogens with one attached hydrogen (secondary N) is 1. The largest absolute Gasteiger partial charge is 0.467 e. The van der Waals surface area contributed by atoms with E-state index in [-0.39, 0.29) is 18.0 Å². The van der Waals surface area contributed by atoms with Crippen molar-refractivity contribution in [1.82, 2.24) is 10.2 Å². The number of nitrogens with zero attached hydrogens (tertiary/aromatic N) is 1. The Morgan fingerprint density at radius 3 is 2.74 bits per heavy atom. The average Bonchev–Trinajstić information content (AvgIpc) is 2.89. The Bertz CT molecular complexity index is 419. The first-order valence-corrected chi connectivity index (χ1v) is 7.33. The molecule has 104 valence electrons. The number of carbonyl (C=O) groups is 1. The lowest BCUT2D eigenvalue weighted by molar-refractivity contribution is -0.127. The van der Waals surface area contributed by atoms with Gasteiger partial charge >= 0.3 is 0 Å². The van der Waals surface area contributed by atoms with E-state index in [1.165, 1.54) is 25.7 Å². The predicted molar refractivity (Wildman–Crippen MR) is 72.6 cm³/mol. The third-order valence-electron chi connectivity index (χ3n) is 4.20. The smallest absolute Gasteiger partial charge is 0.238 e. The number of likely N-dealkylation sites (tertiary alicyclic amines) is 1. The second-order valence-electron chi connectivity index (χ2n) is 5.77. The molecule has 19 heavy (non-hydrogen) atoms. The van der Waals surface area contributed by atoms with Gasteiger partial charge in [-0.15, -0.1) is 0 Å². The van der Waals surface area contributed by atoms with Crippen LogP contribution in [0.15, 0.2) is 22.8 Å². The quantitative estimate of drug-likeness (QED) is 0.886. The summed E-state index contributed by atoms with van der Waals surface area (Å²) in [5, 5.41) is 3.11. The molecule has 4 heteroatoms. The van der Waals surface area contributed by atoms with Crippen molar-refractivity contribution in [3.8, 4) is 0 Å². The molecule has 0 unspecified atom stereocenters. The molecule has 1 aliphatic heterocycles. The first kappa shape index (κ1) is 12.7. The molecule has 1 amide bonds. The van der Waals surface area contributed by atoms with E-state index < -0.39 is 0 Å². The first-order chi connectivity index (χ1) is 9.25. The third-order valence-corrected chi connectivity index (χ3v) is 4.20. The van der Waals surface area contributed by atoms with Crippen LogP contribution in [0.1, 0.15) is 44.4 Å². The Hall–Kier alpha value is -1.29. The highest BCUT2D eigenvalue weighted by Gasteiger charge is 2.41. The molecule has 2 aliphatic rings. The van der Waals surface area contributed by atoms with Gasteiger partial charge in [0.15, 0.2) is 0 Å². The van der Waals surface area contributed by atoms with Crippen LogP contribution >= 0.6 is 0 Å². The summed E-state index contributed by atoms with van der Waals surface area (Å²) >= 11 is 0. The number of hydrogen-bond acceptors (Lipinski definition) is 3. The summed E-state index contributed by atoms with van der Waals surface area (Å²) in [6.07, 6.45) is 6.50. The Balaban J connectivity index is 1.63. The van der Waals surface area contributed by atoms with Crippen LogP contribution in [-0.4, -0.2) is 29.9 Å². The fraction of sp³-hybridized carbons (Fsp3) is 0.667. The zero-order valence-electron chi connectivity index (χ0n) is 11.5. The van der Waals surface area contributed by atoms with Gasteiger partial charge < -0.3 is 9.73 Å². The van der Waals surface area contributed by atoms with Crippen molar-refractivity contribution in [3.05, 3.63) is 24.2 Å². The van der Waals surface area contributed by atoms with E-state index in [4.69, 9.17) is 4.42 Å².